The molecule has 55 heavy (non-hydrogen) atoms. The molecule has 2 aliphatic heterocycles. The Morgan fingerprint density at radius 1 is 0.600 bits per heavy atom. The van der Waals surface area contributed by atoms with Crippen molar-refractivity contribution in [2.24, 2.45) is 23.7 Å². The van der Waals surface area contributed by atoms with Crippen molar-refractivity contribution in [3.8, 4) is 22.3 Å². The van der Waals surface area contributed by atoms with E-state index in [0.29, 0.717) is 44.2 Å². The second-order valence-electron chi connectivity index (χ2n) is 16.7. The summed E-state index contributed by atoms with van der Waals surface area (Å²) >= 11 is 0. The highest BCUT2D eigenvalue weighted by molar-refractivity contribution is 5.80. The average Bonchev–Trinajstić information content (AvgIpc) is 3.63. The highest BCUT2D eigenvalue weighted by atomic mass is 16.6. The largest absolute Gasteiger partial charge is 0.449 e. The van der Waals surface area contributed by atoms with Crippen LogP contribution < -0.4 is 16.0 Å². The zero-order valence-corrected chi connectivity index (χ0v) is 31.5. The Kier molecular flexibility index (Phi) is 9.04. The number of carbonyl (C=O) groups is 3. The first-order chi connectivity index (χ1) is 26.6. The van der Waals surface area contributed by atoms with E-state index in [2.05, 4.69) is 88.7 Å². The third-order valence-electron chi connectivity index (χ3n) is 12.2. The van der Waals surface area contributed by atoms with Gasteiger partial charge in [0.1, 0.15) is 18.8 Å². The number of alkyl carbamates (subject to hydrolysis) is 2. The molecule has 10 nitrogen and oxygen atoms in total. The fraction of sp³-hybridized carbons (Fsp3) is 0.400. The van der Waals surface area contributed by atoms with E-state index in [9.17, 15) is 14.4 Å². The van der Waals surface area contributed by atoms with Crippen molar-refractivity contribution in [3.63, 3.8) is 0 Å². The SMILES string of the molecule is CC(C)(C)OC(=O)N1CC2C(C1)C2NC(=O)OCC1c2ccccc2-c2ccccc21.O=C(NC1C2CNCC21)OCC1c2ccccc2-c2ccccc21. The molecular formula is C45H48N4O6. The van der Waals surface area contributed by atoms with Crippen molar-refractivity contribution < 1.29 is 28.6 Å². The number of piperidine rings is 2. The van der Waals surface area contributed by atoms with Crippen LogP contribution in [0.3, 0.4) is 0 Å². The lowest BCUT2D eigenvalue weighted by Crippen LogP contribution is -2.40. The van der Waals surface area contributed by atoms with Gasteiger partial charge in [-0.15, -0.1) is 0 Å². The fourth-order valence-corrected chi connectivity index (χ4v) is 9.40. The number of carbonyl (C=O) groups excluding carboxylic acids is 3. The maximum Gasteiger partial charge on any atom is 0.410 e. The number of rotatable bonds is 6. The number of amides is 3. The van der Waals surface area contributed by atoms with Crippen molar-refractivity contribution in [3.05, 3.63) is 119 Å². The van der Waals surface area contributed by atoms with Gasteiger partial charge in [-0.25, -0.2) is 14.4 Å². The molecule has 4 unspecified atom stereocenters. The molecule has 0 aromatic heterocycles. The monoisotopic (exact) mass is 740 g/mol. The van der Waals surface area contributed by atoms with E-state index >= 15 is 0 Å². The molecule has 3 N–H and O–H groups in total. The molecule has 4 aromatic rings. The number of hydrogen-bond donors (Lipinski definition) is 3. The molecule has 4 aromatic carbocycles. The molecule has 6 aliphatic rings. The Balaban J connectivity index is 0.000000149. The summed E-state index contributed by atoms with van der Waals surface area (Å²) < 4.78 is 16.7. The summed E-state index contributed by atoms with van der Waals surface area (Å²) in [5.41, 5.74) is 9.34. The normalized spacial score (nSPS) is 24.8. The molecule has 0 bridgehead atoms. The minimum Gasteiger partial charge on any atom is -0.449 e. The Bertz CT molecular complexity index is 2020. The summed E-state index contributed by atoms with van der Waals surface area (Å²) in [5.74, 6) is 1.96. The van der Waals surface area contributed by atoms with E-state index in [1.54, 1.807) is 4.90 Å². The third-order valence-corrected chi connectivity index (χ3v) is 12.2. The number of hydrogen-bond acceptors (Lipinski definition) is 7. The molecular weight excluding hydrogens is 693 g/mol. The van der Waals surface area contributed by atoms with E-state index in [4.69, 9.17) is 14.2 Å². The smallest absolute Gasteiger partial charge is 0.410 e. The number of ether oxygens (including phenoxy) is 3. The molecule has 10 heteroatoms. The lowest BCUT2D eigenvalue weighted by atomic mass is 9.98. The predicted octanol–water partition coefficient (Wildman–Crippen LogP) is 7.13. The van der Waals surface area contributed by atoms with Crippen LogP contribution in [-0.2, 0) is 14.2 Å². The van der Waals surface area contributed by atoms with Gasteiger partial charge in [-0.05, 0) is 77.1 Å². The van der Waals surface area contributed by atoms with Gasteiger partial charge in [0.25, 0.3) is 0 Å². The zero-order valence-electron chi connectivity index (χ0n) is 31.5. The summed E-state index contributed by atoms with van der Waals surface area (Å²) in [6.45, 7) is 9.56. The molecule has 2 saturated carbocycles. The number of nitrogens with zero attached hydrogens (tertiary/aromatic N) is 1. The van der Waals surface area contributed by atoms with E-state index in [-0.39, 0.29) is 48.0 Å². The first-order valence-corrected chi connectivity index (χ1v) is 19.6. The van der Waals surface area contributed by atoms with Gasteiger partial charge >= 0.3 is 18.3 Å². The van der Waals surface area contributed by atoms with Crippen molar-refractivity contribution >= 4 is 18.3 Å². The molecule has 3 amide bonds. The van der Waals surface area contributed by atoms with Crippen LogP contribution in [-0.4, -0.2) is 80.3 Å². The summed E-state index contributed by atoms with van der Waals surface area (Å²) in [7, 11) is 0. The highest BCUT2D eigenvalue weighted by Gasteiger charge is 2.58. The number of fused-ring (bicyclic) bond motifs is 8. The van der Waals surface area contributed by atoms with Crippen LogP contribution in [0.1, 0.15) is 54.9 Å². The molecule has 10 rings (SSSR count). The number of benzene rings is 4. The van der Waals surface area contributed by atoms with Gasteiger partial charge in [-0.2, -0.15) is 0 Å². The van der Waals surface area contributed by atoms with Crippen molar-refractivity contribution in [1.29, 1.82) is 0 Å². The lowest BCUT2D eigenvalue weighted by Gasteiger charge is -2.26. The van der Waals surface area contributed by atoms with Gasteiger partial charge in [-0.3, -0.25) is 0 Å². The molecule has 0 spiro atoms. The predicted molar refractivity (Wildman–Crippen MR) is 209 cm³/mol. The Labute approximate surface area is 321 Å². The van der Waals surface area contributed by atoms with Crippen LogP contribution >= 0.6 is 0 Å². The molecule has 4 aliphatic carbocycles. The topological polar surface area (TPSA) is 118 Å². The van der Waals surface area contributed by atoms with E-state index < -0.39 is 5.60 Å². The van der Waals surface area contributed by atoms with Gasteiger partial charge < -0.3 is 35.1 Å². The fourth-order valence-electron chi connectivity index (χ4n) is 9.40. The standard InChI is InChI=1S/C25H28N2O4.C20H20N2O2/c1-25(2,3)31-24(29)27-12-19-20(13-27)22(19)26-23(28)30-14-21-17-10-6-4-8-15(17)16-9-5-7-11-18(16)21;23-20(22-19-16-9-21-10-17(16)19)24-11-18-14-7-3-1-5-12(14)13-6-2-4-8-15(13)18/h4-11,19-22H,12-14H2,1-3H3,(H,26,28);1-8,16-19,21H,9-11H2,(H,22,23). The van der Waals surface area contributed by atoms with Gasteiger partial charge in [-0.1, -0.05) is 97.1 Å². The van der Waals surface area contributed by atoms with E-state index in [1.165, 1.54) is 44.5 Å². The molecule has 0 radical (unpaired) electrons. The Morgan fingerprint density at radius 3 is 1.35 bits per heavy atom. The highest BCUT2D eigenvalue weighted by Crippen LogP contribution is 2.48. The van der Waals surface area contributed by atoms with Gasteiger partial charge in [0.15, 0.2) is 0 Å². The zero-order chi connectivity index (χ0) is 37.8. The lowest BCUT2D eigenvalue weighted by molar-refractivity contribution is 0.0269. The first-order valence-electron chi connectivity index (χ1n) is 19.6. The van der Waals surface area contributed by atoms with Gasteiger partial charge in [0.2, 0.25) is 0 Å². The quantitative estimate of drug-likeness (QED) is 0.180. The van der Waals surface area contributed by atoms with Crippen LogP contribution in [0.25, 0.3) is 22.3 Å². The average molecular weight is 741 g/mol. The minimum atomic E-state index is -0.497. The Morgan fingerprint density at radius 2 is 0.964 bits per heavy atom. The van der Waals surface area contributed by atoms with E-state index in [1.807, 2.05) is 45.0 Å². The maximum absolute atomic E-state index is 12.5. The number of likely N-dealkylation sites (tertiary alicyclic amines) is 1. The molecule has 4 atom stereocenters. The molecule has 284 valence electrons. The van der Waals surface area contributed by atoms with Crippen LogP contribution in [0, 0.1) is 23.7 Å². The van der Waals surface area contributed by atoms with Crippen LogP contribution in [0.2, 0.25) is 0 Å². The second-order valence-corrected chi connectivity index (χ2v) is 16.7. The van der Waals surface area contributed by atoms with Crippen molar-refractivity contribution in [1.82, 2.24) is 20.9 Å². The summed E-state index contributed by atoms with van der Waals surface area (Å²) in [6.07, 6.45) is -0.944. The molecule has 4 fully saturated rings. The Hall–Kier alpha value is -5.35. The van der Waals surface area contributed by atoms with Crippen molar-refractivity contribution in [2.45, 2.75) is 50.3 Å². The summed E-state index contributed by atoms with van der Waals surface area (Å²) in [6, 6.07) is 33.8. The van der Waals surface area contributed by atoms with Crippen LogP contribution in [0.4, 0.5) is 14.4 Å². The second kappa shape index (κ2) is 14.1. The summed E-state index contributed by atoms with van der Waals surface area (Å²) in [5, 5.41) is 9.35. The molecule has 2 heterocycles. The van der Waals surface area contributed by atoms with Crippen molar-refractivity contribution in [2.75, 3.05) is 39.4 Å². The van der Waals surface area contributed by atoms with Crippen LogP contribution in [0.15, 0.2) is 97.1 Å². The minimum absolute atomic E-state index is 0.0551. The van der Waals surface area contributed by atoms with Gasteiger partial charge in [0, 0.05) is 61.9 Å². The maximum atomic E-state index is 12.5. The van der Waals surface area contributed by atoms with Crippen LogP contribution in [0.5, 0.6) is 0 Å². The number of nitrogens with one attached hydrogen (secondary N) is 3. The van der Waals surface area contributed by atoms with Gasteiger partial charge in [0.05, 0.1) is 0 Å². The van der Waals surface area contributed by atoms with E-state index in [0.717, 1.165) is 13.1 Å². The molecule has 2 saturated heterocycles. The third kappa shape index (κ3) is 6.92. The summed E-state index contributed by atoms with van der Waals surface area (Å²) in [4.78, 5) is 38.6. The first kappa shape index (κ1) is 35.4.